The van der Waals surface area contributed by atoms with Crippen molar-refractivity contribution in [2.75, 3.05) is 5.73 Å². The maximum Gasteiger partial charge on any atom is 0.312 e. The average molecular weight is 240 g/mol. The van der Waals surface area contributed by atoms with Gasteiger partial charge in [0.2, 0.25) is 0 Å². The van der Waals surface area contributed by atoms with Crippen LogP contribution in [0.5, 0.6) is 5.75 Å². The molecule has 84 valence electrons. The minimum atomic E-state index is -0.372. The Morgan fingerprint density at radius 1 is 1.44 bits per heavy atom. The Balaban J connectivity index is 2.10. The number of nitrogen functional groups attached to an aromatic ring is 1. The summed E-state index contributed by atoms with van der Waals surface area (Å²) in [5.74, 6) is 0.967. The maximum atomic E-state index is 5.83. The first-order valence-corrected chi connectivity index (χ1v) is 5.04. The van der Waals surface area contributed by atoms with Crippen LogP contribution in [-0.2, 0) is 0 Å². The molecule has 1 aromatic heterocycles. The predicted octanol–water partition coefficient (Wildman–Crippen LogP) is 2.45. The lowest BCUT2D eigenvalue weighted by atomic mass is 10.3. The topological polar surface area (TPSA) is 74.2 Å². The minimum Gasteiger partial charge on any atom is -0.481 e. The van der Waals surface area contributed by atoms with E-state index in [-0.39, 0.29) is 12.1 Å². The molecule has 5 nitrogen and oxygen atoms in total. The summed E-state index contributed by atoms with van der Waals surface area (Å²) in [4.78, 5) is 0. The van der Waals surface area contributed by atoms with E-state index in [0.29, 0.717) is 16.7 Å². The summed E-state index contributed by atoms with van der Waals surface area (Å²) in [6, 6.07) is 7.09. The zero-order valence-electron chi connectivity index (χ0n) is 8.55. The molecule has 0 aliphatic rings. The van der Waals surface area contributed by atoms with Crippen molar-refractivity contribution >= 4 is 17.6 Å². The Labute approximate surface area is 97.2 Å². The molecule has 0 unspecified atom stereocenters. The fraction of sp³-hybridized carbons (Fsp3) is 0.200. The Kier molecular flexibility index (Phi) is 2.96. The molecule has 0 aliphatic carbocycles. The second kappa shape index (κ2) is 4.40. The molecule has 1 aromatic carbocycles. The molecule has 2 rings (SSSR count). The van der Waals surface area contributed by atoms with Gasteiger partial charge in [0, 0.05) is 5.02 Å². The predicted molar refractivity (Wildman–Crippen MR) is 59.2 cm³/mol. The molecule has 0 saturated carbocycles. The Morgan fingerprint density at radius 3 is 2.88 bits per heavy atom. The number of nitrogens with two attached hydrogens (primary N) is 1. The summed E-state index contributed by atoms with van der Waals surface area (Å²) < 4.78 is 10.6. The van der Waals surface area contributed by atoms with Crippen LogP contribution >= 0.6 is 11.6 Å². The van der Waals surface area contributed by atoms with E-state index in [0.717, 1.165) is 0 Å². The molecule has 0 spiro atoms. The highest BCUT2D eigenvalue weighted by Crippen LogP contribution is 2.23. The van der Waals surface area contributed by atoms with Gasteiger partial charge >= 0.3 is 6.01 Å². The van der Waals surface area contributed by atoms with Crippen molar-refractivity contribution in [3.05, 3.63) is 35.2 Å². The number of benzene rings is 1. The summed E-state index contributed by atoms with van der Waals surface area (Å²) in [5, 5.41) is 7.89. The quantitative estimate of drug-likeness (QED) is 0.891. The normalized spacial score (nSPS) is 12.4. The zero-order chi connectivity index (χ0) is 11.5. The van der Waals surface area contributed by atoms with Crippen LogP contribution in [-0.4, -0.2) is 10.2 Å². The van der Waals surface area contributed by atoms with Gasteiger partial charge in [0.15, 0.2) is 6.10 Å². The fourth-order valence-corrected chi connectivity index (χ4v) is 1.39. The van der Waals surface area contributed by atoms with Crippen molar-refractivity contribution in [3.8, 4) is 5.75 Å². The van der Waals surface area contributed by atoms with Crippen LogP contribution in [0.4, 0.5) is 6.01 Å². The van der Waals surface area contributed by atoms with Gasteiger partial charge in [-0.1, -0.05) is 22.8 Å². The highest BCUT2D eigenvalue weighted by atomic mass is 35.5. The van der Waals surface area contributed by atoms with Crippen molar-refractivity contribution in [1.82, 2.24) is 10.2 Å². The number of hydrogen-bond donors (Lipinski definition) is 1. The SMILES string of the molecule is C[C@@H](Oc1cccc(Cl)c1)c1nnc(N)o1. The maximum absolute atomic E-state index is 5.83. The summed E-state index contributed by atoms with van der Waals surface area (Å²) in [5.41, 5.74) is 5.32. The first kappa shape index (κ1) is 10.8. The third kappa shape index (κ3) is 2.43. The van der Waals surface area contributed by atoms with Gasteiger partial charge in [0.1, 0.15) is 5.75 Å². The Bertz CT molecular complexity index is 486. The lowest BCUT2D eigenvalue weighted by molar-refractivity contribution is 0.190. The molecule has 2 N–H and O–H groups in total. The standard InChI is InChI=1S/C10H10ClN3O2/c1-6(9-13-14-10(12)16-9)15-8-4-2-3-7(11)5-8/h2-6H,1H3,(H2,12,14)/t6-/m1/s1. The van der Waals surface area contributed by atoms with Gasteiger partial charge in [-0.25, -0.2) is 0 Å². The highest BCUT2D eigenvalue weighted by Gasteiger charge is 2.14. The minimum absolute atomic E-state index is 0.0246. The summed E-state index contributed by atoms with van der Waals surface area (Å²) in [7, 11) is 0. The van der Waals surface area contributed by atoms with Crippen molar-refractivity contribution < 1.29 is 9.15 Å². The van der Waals surface area contributed by atoms with Crippen LogP contribution in [0.15, 0.2) is 28.7 Å². The van der Waals surface area contributed by atoms with E-state index in [1.54, 1.807) is 31.2 Å². The third-order valence-corrected chi connectivity index (χ3v) is 2.15. The van der Waals surface area contributed by atoms with E-state index in [1.807, 2.05) is 0 Å². The van der Waals surface area contributed by atoms with Crippen molar-refractivity contribution in [1.29, 1.82) is 0 Å². The first-order valence-electron chi connectivity index (χ1n) is 4.66. The molecule has 16 heavy (non-hydrogen) atoms. The van der Waals surface area contributed by atoms with Crippen LogP contribution in [0, 0.1) is 0 Å². The van der Waals surface area contributed by atoms with Gasteiger partial charge < -0.3 is 14.9 Å². The molecule has 0 saturated heterocycles. The number of halogens is 1. The van der Waals surface area contributed by atoms with Gasteiger partial charge in [-0.2, -0.15) is 0 Å². The summed E-state index contributed by atoms with van der Waals surface area (Å²) in [6.07, 6.45) is -0.372. The van der Waals surface area contributed by atoms with Gasteiger partial charge in [0.25, 0.3) is 5.89 Å². The van der Waals surface area contributed by atoms with Crippen LogP contribution in [0.3, 0.4) is 0 Å². The van der Waals surface area contributed by atoms with Gasteiger partial charge in [0.05, 0.1) is 0 Å². The van der Waals surface area contributed by atoms with Crippen LogP contribution < -0.4 is 10.5 Å². The summed E-state index contributed by atoms with van der Waals surface area (Å²) >= 11 is 5.83. The van der Waals surface area contributed by atoms with E-state index in [2.05, 4.69) is 10.2 Å². The monoisotopic (exact) mass is 239 g/mol. The molecule has 0 amide bonds. The smallest absolute Gasteiger partial charge is 0.312 e. The number of aromatic nitrogens is 2. The van der Waals surface area contributed by atoms with Crippen LogP contribution in [0.25, 0.3) is 0 Å². The zero-order valence-corrected chi connectivity index (χ0v) is 9.31. The lowest BCUT2D eigenvalue weighted by Gasteiger charge is -2.10. The molecule has 1 heterocycles. The molecule has 2 aromatic rings. The molecule has 0 bridgehead atoms. The van der Waals surface area contributed by atoms with E-state index in [4.69, 9.17) is 26.5 Å². The Hall–Kier alpha value is -1.75. The molecule has 0 radical (unpaired) electrons. The van der Waals surface area contributed by atoms with Crippen molar-refractivity contribution in [2.45, 2.75) is 13.0 Å². The molecule has 0 fully saturated rings. The largest absolute Gasteiger partial charge is 0.481 e. The van der Waals surface area contributed by atoms with Crippen molar-refractivity contribution in [2.24, 2.45) is 0 Å². The second-order valence-corrected chi connectivity index (χ2v) is 3.63. The van der Waals surface area contributed by atoms with E-state index < -0.39 is 0 Å². The number of nitrogens with zero attached hydrogens (tertiary/aromatic N) is 2. The number of hydrogen-bond acceptors (Lipinski definition) is 5. The average Bonchev–Trinajstić information content (AvgIpc) is 2.65. The summed E-state index contributed by atoms with van der Waals surface area (Å²) in [6.45, 7) is 1.79. The van der Waals surface area contributed by atoms with Gasteiger partial charge in [-0.05, 0) is 25.1 Å². The first-order chi connectivity index (χ1) is 7.65. The fourth-order valence-electron chi connectivity index (χ4n) is 1.21. The number of ether oxygens (including phenoxy) is 1. The highest BCUT2D eigenvalue weighted by molar-refractivity contribution is 6.30. The number of rotatable bonds is 3. The second-order valence-electron chi connectivity index (χ2n) is 3.20. The van der Waals surface area contributed by atoms with Gasteiger partial charge in [-0.3, -0.25) is 0 Å². The van der Waals surface area contributed by atoms with E-state index in [1.165, 1.54) is 0 Å². The van der Waals surface area contributed by atoms with E-state index in [9.17, 15) is 0 Å². The Morgan fingerprint density at radius 2 is 2.25 bits per heavy atom. The van der Waals surface area contributed by atoms with Crippen molar-refractivity contribution in [3.63, 3.8) is 0 Å². The number of anilines is 1. The molecular weight excluding hydrogens is 230 g/mol. The molecule has 6 heteroatoms. The third-order valence-electron chi connectivity index (χ3n) is 1.91. The van der Waals surface area contributed by atoms with Gasteiger partial charge in [-0.15, -0.1) is 5.10 Å². The molecule has 1 atom stereocenters. The van der Waals surface area contributed by atoms with Crippen LogP contribution in [0.2, 0.25) is 5.02 Å². The van der Waals surface area contributed by atoms with Crippen LogP contribution in [0.1, 0.15) is 18.9 Å². The molecular formula is C10H10ClN3O2. The lowest BCUT2D eigenvalue weighted by Crippen LogP contribution is -2.03. The van der Waals surface area contributed by atoms with E-state index >= 15 is 0 Å². The molecule has 0 aliphatic heterocycles.